The van der Waals surface area contributed by atoms with Crippen molar-refractivity contribution in [2.45, 2.75) is 6.54 Å². The number of nitrogens with one attached hydrogen (secondary N) is 1. The third-order valence-corrected chi connectivity index (χ3v) is 4.25. The second-order valence-electron chi connectivity index (χ2n) is 5.90. The molecule has 152 valence electrons. The van der Waals surface area contributed by atoms with Crippen LogP contribution in [0.25, 0.3) is 11.4 Å². The van der Waals surface area contributed by atoms with Crippen molar-refractivity contribution >= 4 is 23.1 Å². The molecule has 2 aromatic heterocycles. The van der Waals surface area contributed by atoms with E-state index in [2.05, 4.69) is 30.8 Å². The van der Waals surface area contributed by atoms with Crippen LogP contribution in [0.1, 0.15) is 11.4 Å². The van der Waals surface area contributed by atoms with Gasteiger partial charge >= 0.3 is 0 Å². The maximum absolute atomic E-state index is 13.3. The van der Waals surface area contributed by atoms with Gasteiger partial charge in [-0.15, -0.1) is 5.10 Å². The molecular weight excluding hydrogens is 422 g/mol. The minimum atomic E-state index is -0.607. The summed E-state index contributed by atoms with van der Waals surface area (Å²) >= 11 is 5.75. The largest absolute Gasteiger partial charge is 0.290 e. The molecule has 0 atom stereocenters. The van der Waals surface area contributed by atoms with E-state index in [-0.39, 0.29) is 34.5 Å². The first-order valence-electron chi connectivity index (χ1n) is 8.33. The maximum atomic E-state index is 13.3. The molecule has 0 unspecified atom stereocenters. The van der Waals surface area contributed by atoms with Crippen molar-refractivity contribution in [3.05, 3.63) is 70.5 Å². The molecule has 0 saturated carbocycles. The molecule has 2 aromatic carbocycles. The van der Waals surface area contributed by atoms with E-state index in [0.29, 0.717) is 11.4 Å². The van der Waals surface area contributed by atoms with Crippen LogP contribution < -0.4 is 5.48 Å². The lowest BCUT2D eigenvalue weighted by Gasteiger charge is -2.05. The Morgan fingerprint density at radius 2 is 1.97 bits per heavy atom. The molecule has 0 aliphatic rings. The van der Waals surface area contributed by atoms with E-state index in [1.807, 2.05) is 5.48 Å². The van der Waals surface area contributed by atoms with Crippen molar-refractivity contribution in [1.29, 1.82) is 0 Å². The van der Waals surface area contributed by atoms with E-state index >= 15 is 0 Å². The second kappa shape index (κ2) is 8.31. The van der Waals surface area contributed by atoms with Crippen molar-refractivity contribution in [2.24, 2.45) is 4.99 Å². The number of nitrogens with zero attached hydrogens (tertiary/aromatic N) is 7. The Kier molecular flexibility index (Phi) is 5.41. The molecule has 0 spiro atoms. The number of halogens is 3. The quantitative estimate of drug-likeness (QED) is 0.280. The van der Waals surface area contributed by atoms with Gasteiger partial charge in [0.15, 0.2) is 17.4 Å². The molecular formula is C17H11ClF2N8O2. The SMILES string of the molecule is ONC(=Nc1ccc(F)c(Cl)c1)c1nonc1Cn1nnnc1-c1ccc(F)cc1. The van der Waals surface area contributed by atoms with Crippen molar-refractivity contribution in [1.82, 2.24) is 36.0 Å². The highest BCUT2D eigenvalue weighted by molar-refractivity contribution is 6.31. The summed E-state index contributed by atoms with van der Waals surface area (Å²) in [6.07, 6.45) is 0. The van der Waals surface area contributed by atoms with Crippen LogP contribution in [0.2, 0.25) is 5.02 Å². The Balaban J connectivity index is 1.65. The molecule has 4 aromatic rings. The first kappa shape index (κ1) is 19.5. The summed E-state index contributed by atoms with van der Waals surface area (Å²) < 4.78 is 32.7. The minimum Gasteiger partial charge on any atom is -0.290 e. The summed E-state index contributed by atoms with van der Waals surface area (Å²) in [6, 6.07) is 9.39. The summed E-state index contributed by atoms with van der Waals surface area (Å²) in [4.78, 5) is 4.14. The van der Waals surface area contributed by atoms with Gasteiger partial charge in [-0.3, -0.25) is 10.7 Å². The molecule has 30 heavy (non-hydrogen) atoms. The monoisotopic (exact) mass is 432 g/mol. The van der Waals surface area contributed by atoms with E-state index in [0.717, 1.165) is 6.07 Å². The molecule has 2 heterocycles. The van der Waals surface area contributed by atoms with Gasteiger partial charge in [-0.2, -0.15) is 0 Å². The topological polar surface area (TPSA) is 127 Å². The number of benzene rings is 2. The molecule has 13 heteroatoms. The van der Waals surface area contributed by atoms with Crippen molar-refractivity contribution in [3.8, 4) is 11.4 Å². The predicted molar refractivity (Wildman–Crippen MR) is 99.1 cm³/mol. The number of tetrazole rings is 1. The smallest absolute Gasteiger partial charge is 0.182 e. The van der Waals surface area contributed by atoms with E-state index in [9.17, 15) is 14.0 Å². The molecule has 0 amide bonds. The summed E-state index contributed by atoms with van der Waals surface area (Å²) in [5.74, 6) is -0.767. The summed E-state index contributed by atoms with van der Waals surface area (Å²) in [5, 5.41) is 28.4. The molecule has 4 rings (SSSR count). The van der Waals surface area contributed by atoms with Gasteiger partial charge in [0.05, 0.1) is 17.3 Å². The number of hydroxylamine groups is 1. The first-order chi connectivity index (χ1) is 14.5. The molecule has 0 aliphatic heterocycles. The van der Waals surface area contributed by atoms with E-state index < -0.39 is 11.6 Å². The van der Waals surface area contributed by atoms with Gasteiger partial charge in [0.25, 0.3) is 0 Å². The number of hydrogen-bond acceptors (Lipinski definition) is 8. The molecule has 2 N–H and O–H groups in total. The Labute approximate surface area is 171 Å². The number of amidine groups is 1. The molecule has 10 nitrogen and oxygen atoms in total. The number of hydrogen-bond donors (Lipinski definition) is 2. The Bertz CT molecular complexity index is 1210. The lowest BCUT2D eigenvalue weighted by atomic mass is 10.2. The third-order valence-electron chi connectivity index (χ3n) is 3.96. The Morgan fingerprint density at radius 3 is 2.70 bits per heavy atom. The van der Waals surface area contributed by atoms with Crippen molar-refractivity contribution in [3.63, 3.8) is 0 Å². The van der Waals surface area contributed by atoms with Gasteiger partial charge in [-0.1, -0.05) is 16.8 Å². The average Bonchev–Trinajstić information content (AvgIpc) is 3.39. The fourth-order valence-corrected chi connectivity index (χ4v) is 2.74. The van der Waals surface area contributed by atoms with E-state index in [4.69, 9.17) is 16.2 Å². The highest BCUT2D eigenvalue weighted by Gasteiger charge is 2.20. The van der Waals surface area contributed by atoms with Gasteiger partial charge in [-0.25, -0.2) is 23.1 Å². The Hall–Kier alpha value is -3.77. The predicted octanol–water partition coefficient (Wildman–Crippen LogP) is 2.76. The van der Waals surface area contributed by atoms with Crippen LogP contribution in [-0.4, -0.2) is 41.6 Å². The van der Waals surface area contributed by atoms with Gasteiger partial charge < -0.3 is 0 Å². The van der Waals surface area contributed by atoms with E-state index in [1.54, 1.807) is 0 Å². The maximum Gasteiger partial charge on any atom is 0.182 e. The third kappa shape index (κ3) is 3.99. The van der Waals surface area contributed by atoms with Gasteiger partial charge in [0.1, 0.15) is 17.3 Å². The fraction of sp³-hybridized carbons (Fsp3) is 0.0588. The molecule has 0 radical (unpaired) electrons. The zero-order chi connectivity index (χ0) is 21.1. The summed E-state index contributed by atoms with van der Waals surface area (Å²) in [5.41, 5.74) is 3.04. The highest BCUT2D eigenvalue weighted by atomic mass is 35.5. The molecule has 0 bridgehead atoms. The van der Waals surface area contributed by atoms with Crippen molar-refractivity contribution < 1.29 is 18.6 Å². The van der Waals surface area contributed by atoms with Crippen LogP contribution >= 0.6 is 11.6 Å². The van der Waals surface area contributed by atoms with Crippen molar-refractivity contribution in [2.75, 3.05) is 0 Å². The molecule has 0 aliphatic carbocycles. The summed E-state index contributed by atoms with van der Waals surface area (Å²) in [7, 11) is 0. The average molecular weight is 433 g/mol. The van der Waals surface area contributed by atoms with Crippen LogP contribution in [0.15, 0.2) is 52.1 Å². The lowest BCUT2D eigenvalue weighted by Crippen LogP contribution is -2.22. The normalized spacial score (nSPS) is 11.7. The van der Waals surface area contributed by atoms with Crippen LogP contribution in [0.3, 0.4) is 0 Å². The van der Waals surface area contributed by atoms with Gasteiger partial charge in [0.2, 0.25) is 0 Å². The minimum absolute atomic E-state index is 0.00339. The van der Waals surface area contributed by atoms with E-state index in [1.165, 1.54) is 41.1 Å². The fourth-order valence-electron chi connectivity index (χ4n) is 2.56. The number of aliphatic imine (C=N–C) groups is 1. The molecule has 0 saturated heterocycles. The first-order valence-corrected chi connectivity index (χ1v) is 8.70. The standard InChI is InChI=1S/C17H11ClF2N8O2/c18-12-7-11(5-6-13(12)20)21-16(23-29)15-14(24-30-25-15)8-28-17(22-26-27-28)9-1-3-10(19)4-2-9/h1-7,29H,8H2,(H,21,23). The van der Waals surface area contributed by atoms with Crippen LogP contribution in [0, 0.1) is 11.6 Å². The summed E-state index contributed by atoms with van der Waals surface area (Å²) in [6.45, 7) is 0.00339. The van der Waals surface area contributed by atoms with Crippen LogP contribution in [-0.2, 0) is 6.54 Å². The van der Waals surface area contributed by atoms with Crippen LogP contribution in [0.5, 0.6) is 0 Å². The molecule has 0 fully saturated rings. The zero-order valence-corrected chi connectivity index (χ0v) is 15.6. The van der Waals surface area contributed by atoms with Gasteiger partial charge in [-0.05, 0) is 58.0 Å². The zero-order valence-electron chi connectivity index (χ0n) is 14.9. The van der Waals surface area contributed by atoms with Gasteiger partial charge in [0, 0.05) is 5.56 Å². The second-order valence-corrected chi connectivity index (χ2v) is 6.30. The van der Waals surface area contributed by atoms with Crippen LogP contribution in [0.4, 0.5) is 14.5 Å². The number of rotatable bonds is 5. The Morgan fingerprint density at radius 1 is 1.17 bits per heavy atom. The lowest BCUT2D eigenvalue weighted by molar-refractivity contribution is 0.234. The number of aromatic nitrogens is 6. The highest BCUT2D eigenvalue weighted by Crippen LogP contribution is 2.23.